The van der Waals surface area contributed by atoms with E-state index in [9.17, 15) is 4.79 Å². The van der Waals surface area contributed by atoms with E-state index in [1.54, 1.807) is 12.1 Å². The molecule has 0 atom stereocenters. The van der Waals surface area contributed by atoms with E-state index in [1.807, 2.05) is 20.8 Å². The molecule has 0 saturated carbocycles. The smallest absolute Gasteiger partial charge is 0.423 e. The van der Waals surface area contributed by atoms with Crippen LogP contribution in [0.5, 0.6) is 0 Å². The highest BCUT2D eigenvalue weighted by Gasteiger charge is 2.14. The van der Waals surface area contributed by atoms with E-state index in [1.165, 1.54) is 12.1 Å². The molecule has 0 bridgehead atoms. The first-order valence-electron chi connectivity index (χ1n) is 5.54. The Labute approximate surface area is 102 Å². The zero-order valence-corrected chi connectivity index (χ0v) is 10.4. The summed E-state index contributed by atoms with van der Waals surface area (Å²) in [6, 6.07) is 6.20. The maximum atomic E-state index is 11.7. The maximum Gasteiger partial charge on any atom is 0.488 e. The summed E-state index contributed by atoms with van der Waals surface area (Å²) in [5, 5.41) is 20.7. The van der Waals surface area contributed by atoms with Gasteiger partial charge in [0.15, 0.2) is 0 Å². The number of carbonyl (C=O) groups is 1. The summed E-state index contributed by atoms with van der Waals surface area (Å²) in [6.45, 7) is 6.71. The first kappa shape index (κ1) is 13.7. The first-order chi connectivity index (χ1) is 7.79. The van der Waals surface area contributed by atoms with Gasteiger partial charge in [-0.3, -0.25) is 4.79 Å². The minimum atomic E-state index is -1.50. The van der Waals surface area contributed by atoms with Crippen molar-refractivity contribution in [2.45, 2.75) is 20.8 Å². The Bertz CT molecular complexity index is 382. The standard InChI is InChI=1S/C12H18BNO3/c1-12(2,3)8-14-11(15)9-4-6-10(7-5-9)13(16)17/h4-7,16-17H,8H2,1-3H3,(H,14,15). The van der Waals surface area contributed by atoms with Crippen LogP contribution in [0.2, 0.25) is 0 Å². The average molecular weight is 235 g/mol. The molecule has 0 aromatic heterocycles. The molecule has 0 spiro atoms. The van der Waals surface area contributed by atoms with Crippen LogP contribution in [0, 0.1) is 5.41 Å². The maximum absolute atomic E-state index is 11.7. The lowest BCUT2D eigenvalue weighted by atomic mass is 9.80. The third-order valence-corrected chi connectivity index (χ3v) is 2.25. The Morgan fingerprint density at radius 1 is 1.24 bits per heavy atom. The molecule has 5 heteroatoms. The second-order valence-electron chi connectivity index (χ2n) is 5.24. The quantitative estimate of drug-likeness (QED) is 0.653. The van der Waals surface area contributed by atoms with Crippen molar-refractivity contribution < 1.29 is 14.8 Å². The van der Waals surface area contributed by atoms with Gasteiger partial charge in [0.1, 0.15) is 0 Å². The van der Waals surface area contributed by atoms with Crippen LogP contribution in [0.15, 0.2) is 24.3 Å². The molecular formula is C12H18BNO3. The second kappa shape index (κ2) is 5.34. The van der Waals surface area contributed by atoms with E-state index in [0.717, 1.165) is 0 Å². The van der Waals surface area contributed by atoms with E-state index in [2.05, 4.69) is 5.32 Å². The van der Waals surface area contributed by atoms with Gasteiger partial charge in [-0.1, -0.05) is 32.9 Å². The molecule has 1 aromatic rings. The topological polar surface area (TPSA) is 69.6 Å². The monoisotopic (exact) mass is 235 g/mol. The van der Waals surface area contributed by atoms with E-state index in [4.69, 9.17) is 10.0 Å². The normalized spacial score (nSPS) is 11.1. The Balaban J connectivity index is 2.64. The lowest BCUT2D eigenvalue weighted by Gasteiger charge is -2.18. The largest absolute Gasteiger partial charge is 0.488 e. The number of rotatable bonds is 3. The summed E-state index contributed by atoms with van der Waals surface area (Å²) in [6.07, 6.45) is 0. The summed E-state index contributed by atoms with van der Waals surface area (Å²) in [7, 11) is -1.50. The first-order valence-corrected chi connectivity index (χ1v) is 5.54. The number of benzene rings is 1. The van der Waals surface area contributed by atoms with Gasteiger partial charge in [-0.15, -0.1) is 0 Å². The van der Waals surface area contributed by atoms with Gasteiger partial charge in [0.25, 0.3) is 5.91 Å². The number of nitrogens with one attached hydrogen (secondary N) is 1. The molecule has 0 heterocycles. The fourth-order valence-electron chi connectivity index (χ4n) is 1.25. The Morgan fingerprint density at radius 2 is 1.76 bits per heavy atom. The molecule has 1 amide bonds. The van der Waals surface area contributed by atoms with Crippen LogP contribution in [0.1, 0.15) is 31.1 Å². The molecule has 3 N–H and O–H groups in total. The lowest BCUT2D eigenvalue weighted by molar-refractivity contribution is 0.0939. The molecule has 0 saturated heterocycles. The minimum Gasteiger partial charge on any atom is -0.423 e. The summed E-state index contributed by atoms with van der Waals surface area (Å²) in [4.78, 5) is 11.7. The van der Waals surface area contributed by atoms with Crippen molar-refractivity contribution >= 4 is 18.5 Å². The minimum absolute atomic E-state index is 0.0386. The molecule has 0 aliphatic heterocycles. The molecule has 1 rings (SSSR count). The van der Waals surface area contributed by atoms with Crippen LogP contribution in [-0.4, -0.2) is 29.6 Å². The van der Waals surface area contributed by atoms with Gasteiger partial charge < -0.3 is 15.4 Å². The molecule has 1 aromatic carbocycles. The summed E-state index contributed by atoms with van der Waals surface area (Å²) >= 11 is 0. The third-order valence-electron chi connectivity index (χ3n) is 2.25. The molecule has 0 aliphatic carbocycles. The predicted octanol–water partition coefficient (Wildman–Crippen LogP) is 0.142. The van der Waals surface area contributed by atoms with Gasteiger partial charge in [-0.2, -0.15) is 0 Å². The number of hydrogen-bond donors (Lipinski definition) is 3. The average Bonchev–Trinajstić information content (AvgIpc) is 2.25. The zero-order valence-electron chi connectivity index (χ0n) is 10.4. The van der Waals surface area contributed by atoms with Gasteiger partial charge in [0.2, 0.25) is 0 Å². The molecule has 92 valence electrons. The fraction of sp³-hybridized carbons (Fsp3) is 0.417. The van der Waals surface area contributed by atoms with Crippen LogP contribution < -0.4 is 10.8 Å². The van der Waals surface area contributed by atoms with E-state index < -0.39 is 7.12 Å². The highest BCUT2D eigenvalue weighted by molar-refractivity contribution is 6.58. The fourth-order valence-corrected chi connectivity index (χ4v) is 1.25. The Hall–Kier alpha value is -1.33. The van der Waals surface area contributed by atoms with Crippen LogP contribution in [0.3, 0.4) is 0 Å². The van der Waals surface area contributed by atoms with E-state index in [0.29, 0.717) is 17.6 Å². The molecule has 4 nitrogen and oxygen atoms in total. The van der Waals surface area contributed by atoms with Gasteiger partial charge in [0.05, 0.1) is 0 Å². The Morgan fingerprint density at radius 3 is 2.18 bits per heavy atom. The molecule has 0 aliphatic rings. The third kappa shape index (κ3) is 4.59. The number of amides is 1. The van der Waals surface area contributed by atoms with Crippen molar-refractivity contribution in [1.29, 1.82) is 0 Å². The van der Waals surface area contributed by atoms with Crippen LogP contribution in [-0.2, 0) is 0 Å². The molecular weight excluding hydrogens is 217 g/mol. The summed E-state index contributed by atoms with van der Waals surface area (Å²) < 4.78 is 0. The van der Waals surface area contributed by atoms with Gasteiger partial charge in [0, 0.05) is 12.1 Å². The van der Waals surface area contributed by atoms with Crippen LogP contribution in [0.25, 0.3) is 0 Å². The zero-order chi connectivity index (χ0) is 13.1. The van der Waals surface area contributed by atoms with Crippen molar-refractivity contribution in [2.24, 2.45) is 5.41 Å². The van der Waals surface area contributed by atoms with Crippen molar-refractivity contribution in [3.63, 3.8) is 0 Å². The molecule has 0 unspecified atom stereocenters. The van der Waals surface area contributed by atoms with Crippen molar-refractivity contribution in [2.75, 3.05) is 6.54 Å². The van der Waals surface area contributed by atoms with Gasteiger partial charge in [-0.05, 0) is 23.0 Å². The SMILES string of the molecule is CC(C)(C)CNC(=O)c1ccc(B(O)O)cc1. The second-order valence-corrected chi connectivity index (χ2v) is 5.24. The highest BCUT2D eigenvalue weighted by Crippen LogP contribution is 2.10. The van der Waals surface area contributed by atoms with Crippen LogP contribution in [0.4, 0.5) is 0 Å². The van der Waals surface area contributed by atoms with E-state index in [-0.39, 0.29) is 11.3 Å². The van der Waals surface area contributed by atoms with Gasteiger partial charge >= 0.3 is 7.12 Å². The summed E-state index contributed by atoms with van der Waals surface area (Å²) in [5.74, 6) is -0.154. The van der Waals surface area contributed by atoms with Crippen molar-refractivity contribution in [3.8, 4) is 0 Å². The molecule has 17 heavy (non-hydrogen) atoms. The summed E-state index contributed by atoms with van der Waals surface area (Å²) in [5.41, 5.74) is 0.924. The predicted molar refractivity (Wildman–Crippen MR) is 68.1 cm³/mol. The van der Waals surface area contributed by atoms with E-state index >= 15 is 0 Å². The van der Waals surface area contributed by atoms with Crippen molar-refractivity contribution in [3.05, 3.63) is 29.8 Å². The number of hydrogen-bond acceptors (Lipinski definition) is 3. The van der Waals surface area contributed by atoms with Gasteiger partial charge in [-0.25, -0.2) is 0 Å². The molecule has 0 radical (unpaired) electrons. The van der Waals surface area contributed by atoms with Crippen molar-refractivity contribution in [1.82, 2.24) is 5.32 Å². The lowest BCUT2D eigenvalue weighted by Crippen LogP contribution is -2.33. The Kier molecular flexibility index (Phi) is 4.31. The highest BCUT2D eigenvalue weighted by atomic mass is 16.4. The number of carbonyl (C=O) groups excluding carboxylic acids is 1. The van der Waals surface area contributed by atoms with Crippen LogP contribution >= 0.6 is 0 Å². The molecule has 0 fully saturated rings.